The Morgan fingerprint density at radius 3 is 2.56 bits per heavy atom. The van der Waals surface area contributed by atoms with Crippen LogP contribution >= 0.6 is 27.5 Å². The minimum absolute atomic E-state index is 0.169. The van der Waals surface area contributed by atoms with Gasteiger partial charge in [0, 0.05) is 72.3 Å². The molecule has 2 saturated heterocycles. The van der Waals surface area contributed by atoms with Gasteiger partial charge in [-0.05, 0) is 87.2 Å². The maximum absolute atomic E-state index is 12.6. The topological polar surface area (TPSA) is 83.0 Å². The highest BCUT2D eigenvalue weighted by atomic mass is 79.9. The zero-order chi connectivity index (χ0) is 30.5. The number of piperidine rings is 2. The standard InChI is InChI=1S/C33H44BBrClN3O4/c1-43-30(42)5-3-2-4-28(40)38-12-8-21(9-13-38)16-29(41)39-14-10-22(11-15-39)32-31-23(18-26(36)19-27(31)35)6-7-24-17-25(34)20-37-33(24)32/h17-23,29,31-32,41H,2-16H2,1H3/t23?,29?,31?,32-/m1/s1. The Balaban J connectivity index is 1.13. The molecule has 3 heterocycles. The molecule has 1 N–H and O–H groups in total. The number of allylic oxidation sites excluding steroid dienone is 4. The molecule has 5 rings (SSSR count). The first-order valence-electron chi connectivity index (χ1n) is 16.0. The van der Waals surface area contributed by atoms with E-state index in [-0.39, 0.29) is 17.8 Å². The average Bonchev–Trinajstić information content (AvgIpc) is 3.16. The summed E-state index contributed by atoms with van der Waals surface area (Å²) < 4.78 is 5.83. The third-order valence-corrected chi connectivity index (χ3v) is 11.2. The molecule has 10 heteroatoms. The van der Waals surface area contributed by atoms with Crippen molar-refractivity contribution >= 4 is 52.7 Å². The monoisotopic (exact) mass is 671 g/mol. The minimum atomic E-state index is -0.457. The quantitative estimate of drug-likeness (QED) is 0.227. The van der Waals surface area contributed by atoms with E-state index in [1.165, 1.54) is 18.4 Å². The van der Waals surface area contributed by atoms with Gasteiger partial charge in [-0.3, -0.25) is 19.5 Å². The summed E-state index contributed by atoms with van der Waals surface area (Å²) in [6.45, 7) is 3.23. The first-order valence-corrected chi connectivity index (χ1v) is 17.2. The Labute approximate surface area is 271 Å². The summed E-state index contributed by atoms with van der Waals surface area (Å²) in [7, 11) is 7.55. The molecule has 0 aromatic carbocycles. The van der Waals surface area contributed by atoms with Crippen LogP contribution in [0.5, 0.6) is 0 Å². The van der Waals surface area contributed by atoms with Crippen molar-refractivity contribution in [3.05, 3.63) is 45.2 Å². The molecule has 4 atom stereocenters. The molecule has 2 fully saturated rings. The van der Waals surface area contributed by atoms with Gasteiger partial charge in [0.25, 0.3) is 0 Å². The van der Waals surface area contributed by atoms with Crippen LogP contribution in [0.2, 0.25) is 0 Å². The van der Waals surface area contributed by atoms with Crippen LogP contribution < -0.4 is 5.46 Å². The van der Waals surface area contributed by atoms with Crippen molar-refractivity contribution < 1.29 is 19.4 Å². The van der Waals surface area contributed by atoms with E-state index in [1.54, 1.807) is 6.20 Å². The van der Waals surface area contributed by atoms with Gasteiger partial charge in [-0.15, -0.1) is 0 Å². The molecule has 1 aromatic rings. The van der Waals surface area contributed by atoms with Gasteiger partial charge in [0.2, 0.25) is 5.91 Å². The highest BCUT2D eigenvalue weighted by Gasteiger charge is 2.43. The lowest BCUT2D eigenvalue weighted by atomic mass is 9.69. The lowest BCUT2D eigenvalue weighted by Crippen LogP contribution is -2.45. The third-order valence-electron chi connectivity index (χ3n) is 10.2. The van der Waals surface area contributed by atoms with Gasteiger partial charge in [0.1, 0.15) is 14.1 Å². The van der Waals surface area contributed by atoms with Crippen molar-refractivity contribution in [3.63, 3.8) is 0 Å². The summed E-state index contributed by atoms with van der Waals surface area (Å²) in [6, 6.07) is 2.11. The molecule has 1 amide bonds. The average molecular weight is 673 g/mol. The van der Waals surface area contributed by atoms with Crippen molar-refractivity contribution in [1.82, 2.24) is 14.8 Å². The molecule has 0 bridgehead atoms. The van der Waals surface area contributed by atoms with Crippen LogP contribution in [0, 0.1) is 23.7 Å². The Morgan fingerprint density at radius 2 is 1.84 bits per heavy atom. The second-order valence-corrected chi connectivity index (χ2v) is 14.2. The molecule has 1 aromatic heterocycles. The molecule has 43 heavy (non-hydrogen) atoms. The van der Waals surface area contributed by atoms with Gasteiger partial charge in [-0.25, -0.2) is 0 Å². The van der Waals surface area contributed by atoms with Gasteiger partial charge in [0.15, 0.2) is 0 Å². The smallest absolute Gasteiger partial charge is 0.305 e. The van der Waals surface area contributed by atoms with Crippen LogP contribution in [-0.4, -0.2) is 79.1 Å². The predicted molar refractivity (Wildman–Crippen MR) is 173 cm³/mol. The number of methoxy groups -OCH3 is 1. The van der Waals surface area contributed by atoms with E-state index < -0.39 is 6.23 Å². The van der Waals surface area contributed by atoms with E-state index in [0.29, 0.717) is 54.8 Å². The van der Waals surface area contributed by atoms with Gasteiger partial charge < -0.3 is 14.7 Å². The van der Waals surface area contributed by atoms with Gasteiger partial charge in [-0.2, -0.15) is 0 Å². The lowest BCUT2D eigenvalue weighted by molar-refractivity contribution is -0.141. The highest BCUT2D eigenvalue weighted by molar-refractivity contribution is 9.11. The van der Waals surface area contributed by atoms with Crippen molar-refractivity contribution in [3.8, 4) is 0 Å². The number of carbonyl (C=O) groups excluding carboxylic acids is 2. The number of pyridine rings is 1. The van der Waals surface area contributed by atoms with Crippen LogP contribution in [0.25, 0.3) is 0 Å². The molecule has 2 aliphatic heterocycles. The number of carbonyl (C=O) groups is 2. The fraction of sp³-hybridized carbons (Fsp3) is 0.667. The van der Waals surface area contributed by atoms with Crippen LogP contribution in [0.1, 0.15) is 81.4 Å². The molecule has 4 aliphatic rings. The van der Waals surface area contributed by atoms with Crippen molar-refractivity contribution in [2.24, 2.45) is 23.7 Å². The van der Waals surface area contributed by atoms with E-state index in [2.05, 4.69) is 43.8 Å². The fourth-order valence-electron chi connectivity index (χ4n) is 7.79. The number of esters is 1. The first kappa shape index (κ1) is 32.7. The Kier molecular flexibility index (Phi) is 11.5. The lowest BCUT2D eigenvalue weighted by Gasteiger charge is -2.43. The molecule has 2 aliphatic carbocycles. The minimum Gasteiger partial charge on any atom is -0.469 e. The number of rotatable bonds is 9. The molecule has 232 valence electrons. The van der Waals surface area contributed by atoms with E-state index in [9.17, 15) is 14.7 Å². The maximum atomic E-state index is 12.6. The zero-order valence-corrected chi connectivity index (χ0v) is 27.6. The Bertz CT molecular complexity index is 1210. The summed E-state index contributed by atoms with van der Waals surface area (Å²) in [5.41, 5.74) is 3.16. The summed E-state index contributed by atoms with van der Waals surface area (Å²) >= 11 is 10.4. The summed E-state index contributed by atoms with van der Waals surface area (Å²) in [6.07, 6.45) is 14.4. The number of unbranched alkanes of at least 4 members (excludes halogenated alkanes) is 1. The molecular weight excluding hydrogens is 629 g/mol. The first-order chi connectivity index (χ1) is 20.7. The number of aliphatic hydroxyl groups excluding tert-OH is 1. The largest absolute Gasteiger partial charge is 0.469 e. The number of aliphatic hydroxyl groups is 1. The van der Waals surface area contributed by atoms with Gasteiger partial charge in [0.05, 0.1) is 7.11 Å². The molecule has 0 spiro atoms. The summed E-state index contributed by atoms with van der Waals surface area (Å²) in [5, 5.41) is 12.0. The number of hydrogen-bond donors (Lipinski definition) is 1. The number of ether oxygens (including phenoxy) is 1. The molecule has 3 unspecified atom stereocenters. The molecular formula is C33H44BBrClN3O4. The Hall–Kier alpha value is -1.68. The van der Waals surface area contributed by atoms with Crippen molar-refractivity contribution in [2.75, 3.05) is 33.3 Å². The van der Waals surface area contributed by atoms with Crippen LogP contribution in [-0.2, 0) is 20.7 Å². The number of nitrogens with zero attached hydrogens (tertiary/aromatic N) is 3. The van der Waals surface area contributed by atoms with E-state index in [4.69, 9.17) is 24.4 Å². The van der Waals surface area contributed by atoms with Crippen LogP contribution in [0.15, 0.2) is 33.9 Å². The zero-order valence-electron chi connectivity index (χ0n) is 25.2. The number of aryl methyl sites for hydroxylation is 1. The maximum Gasteiger partial charge on any atom is 0.305 e. The Morgan fingerprint density at radius 1 is 1.12 bits per heavy atom. The number of likely N-dealkylation sites (tertiary alicyclic amines) is 2. The number of hydrogen-bond acceptors (Lipinski definition) is 6. The molecule has 7 nitrogen and oxygen atoms in total. The highest BCUT2D eigenvalue weighted by Crippen LogP contribution is 2.51. The molecule has 0 saturated carbocycles. The summed E-state index contributed by atoms with van der Waals surface area (Å²) in [5.74, 6) is 1.76. The third kappa shape index (κ3) is 8.14. The fourth-order valence-corrected chi connectivity index (χ4v) is 9.07. The predicted octanol–water partition coefficient (Wildman–Crippen LogP) is 4.95. The van der Waals surface area contributed by atoms with Gasteiger partial charge in [-0.1, -0.05) is 45.1 Å². The van der Waals surface area contributed by atoms with E-state index >= 15 is 0 Å². The van der Waals surface area contributed by atoms with Crippen LogP contribution in [0.4, 0.5) is 0 Å². The second kappa shape index (κ2) is 15.1. The van der Waals surface area contributed by atoms with Crippen LogP contribution in [0.3, 0.4) is 0 Å². The number of amides is 1. The summed E-state index contributed by atoms with van der Waals surface area (Å²) in [4.78, 5) is 33.0. The number of halogens is 2. The molecule has 2 radical (unpaired) electrons. The number of aromatic nitrogens is 1. The normalized spacial score (nSPS) is 26.0. The van der Waals surface area contributed by atoms with Crippen molar-refractivity contribution in [1.29, 1.82) is 0 Å². The van der Waals surface area contributed by atoms with Crippen molar-refractivity contribution in [2.45, 2.75) is 82.8 Å². The second-order valence-electron chi connectivity index (χ2n) is 12.8. The van der Waals surface area contributed by atoms with E-state index in [0.717, 1.165) is 80.6 Å². The van der Waals surface area contributed by atoms with Gasteiger partial charge >= 0.3 is 5.97 Å². The number of fused-ring (bicyclic) bond motifs is 2. The SMILES string of the molecule is [B]c1cnc2c(c1)CCC1C=C(Cl)C=C(Br)C1[C@H]2C1CCN(C(O)CC2CCN(C(=O)CCCCC(=O)OC)CC2)CC1. The van der Waals surface area contributed by atoms with E-state index in [1.807, 2.05) is 4.90 Å².